The topological polar surface area (TPSA) is 59.1 Å². The predicted molar refractivity (Wildman–Crippen MR) is 81.8 cm³/mol. The van der Waals surface area contributed by atoms with Crippen molar-refractivity contribution in [1.29, 1.82) is 0 Å². The number of aromatic nitrogens is 1. The van der Waals surface area contributed by atoms with Gasteiger partial charge in [0.05, 0.1) is 0 Å². The van der Waals surface area contributed by atoms with Gasteiger partial charge in [0.25, 0.3) is 0 Å². The van der Waals surface area contributed by atoms with Crippen LogP contribution in [-0.4, -0.2) is 24.8 Å². The molecular weight excluding hydrogens is 396 g/mol. The second kappa shape index (κ2) is 6.65. The van der Waals surface area contributed by atoms with Gasteiger partial charge in [0.1, 0.15) is 4.90 Å². The summed E-state index contributed by atoms with van der Waals surface area (Å²) in [6.45, 7) is 0.497. The number of pyridine rings is 1. The molecule has 1 aliphatic carbocycles. The molecule has 1 aromatic rings. The fourth-order valence-electron chi connectivity index (χ4n) is 2.26. The Labute approximate surface area is 130 Å². The fraction of sp³-hybridized carbons (Fsp3) is 0.583. The van der Waals surface area contributed by atoms with E-state index in [1.165, 1.54) is 12.6 Å². The molecule has 19 heavy (non-hydrogen) atoms. The first kappa shape index (κ1) is 15.4. The summed E-state index contributed by atoms with van der Waals surface area (Å²) in [5, 5.41) is 0. The van der Waals surface area contributed by atoms with E-state index in [0.29, 0.717) is 21.8 Å². The minimum atomic E-state index is -3.46. The molecule has 0 saturated heterocycles. The van der Waals surface area contributed by atoms with Gasteiger partial charge in [0.2, 0.25) is 10.0 Å². The van der Waals surface area contributed by atoms with Crippen LogP contribution in [0, 0.1) is 5.92 Å². The minimum Gasteiger partial charge on any atom is -0.262 e. The van der Waals surface area contributed by atoms with Crippen LogP contribution in [-0.2, 0) is 10.0 Å². The average Bonchev–Trinajstić information content (AvgIpc) is 2.37. The molecule has 7 heteroatoms. The third-order valence-electron chi connectivity index (χ3n) is 3.27. The second-order valence-corrected chi connectivity index (χ2v) is 8.80. The lowest BCUT2D eigenvalue weighted by atomic mass is 9.89. The summed E-state index contributed by atoms with van der Waals surface area (Å²) in [5.41, 5.74) is 0. The molecule has 0 radical (unpaired) electrons. The molecule has 2 atom stereocenters. The molecule has 106 valence electrons. The van der Waals surface area contributed by atoms with Crippen molar-refractivity contribution in [2.24, 2.45) is 5.92 Å². The standard InChI is InChI=1S/C12H16Br2N2O2S/c13-10-3-1-2-9(4-10)6-16-19(17,18)12-5-11(14)7-15-8-12/h5,7-10,16H,1-4,6H2. The van der Waals surface area contributed by atoms with E-state index < -0.39 is 10.0 Å². The molecule has 1 saturated carbocycles. The highest BCUT2D eigenvalue weighted by Gasteiger charge is 2.22. The molecule has 0 amide bonds. The van der Waals surface area contributed by atoms with E-state index in [0.717, 1.165) is 19.3 Å². The molecule has 0 spiro atoms. The SMILES string of the molecule is O=S(=O)(NCC1CCCC(Br)C1)c1cncc(Br)c1. The minimum absolute atomic E-state index is 0.202. The first-order valence-corrected chi connectivity index (χ1v) is 9.41. The number of nitrogens with one attached hydrogen (secondary N) is 1. The van der Waals surface area contributed by atoms with Gasteiger partial charge in [-0.15, -0.1) is 0 Å². The van der Waals surface area contributed by atoms with E-state index in [9.17, 15) is 8.42 Å². The monoisotopic (exact) mass is 410 g/mol. The van der Waals surface area contributed by atoms with Crippen molar-refractivity contribution in [3.8, 4) is 0 Å². The zero-order chi connectivity index (χ0) is 13.9. The lowest BCUT2D eigenvalue weighted by Crippen LogP contribution is -2.32. The van der Waals surface area contributed by atoms with Crippen LogP contribution in [0.2, 0.25) is 0 Å². The predicted octanol–water partition coefficient (Wildman–Crippen LogP) is 3.08. The molecule has 1 fully saturated rings. The molecule has 2 unspecified atom stereocenters. The van der Waals surface area contributed by atoms with Gasteiger partial charge in [-0.25, -0.2) is 13.1 Å². The first-order chi connectivity index (χ1) is 8.97. The summed E-state index contributed by atoms with van der Waals surface area (Å²) >= 11 is 6.84. The zero-order valence-electron chi connectivity index (χ0n) is 10.4. The Morgan fingerprint density at radius 3 is 2.84 bits per heavy atom. The van der Waals surface area contributed by atoms with E-state index in [-0.39, 0.29) is 4.90 Å². The zero-order valence-corrected chi connectivity index (χ0v) is 14.3. The number of hydrogen-bond donors (Lipinski definition) is 1. The van der Waals surface area contributed by atoms with Crippen LogP contribution < -0.4 is 4.72 Å². The summed E-state index contributed by atoms with van der Waals surface area (Å²) in [7, 11) is -3.46. The van der Waals surface area contributed by atoms with Gasteiger partial charge in [-0.05, 0) is 47.2 Å². The molecule has 0 aromatic carbocycles. The van der Waals surface area contributed by atoms with Gasteiger partial charge in [-0.1, -0.05) is 22.4 Å². The Morgan fingerprint density at radius 1 is 1.37 bits per heavy atom. The molecule has 0 aliphatic heterocycles. The maximum absolute atomic E-state index is 12.1. The van der Waals surface area contributed by atoms with Crippen molar-refractivity contribution in [3.63, 3.8) is 0 Å². The van der Waals surface area contributed by atoms with E-state index in [4.69, 9.17) is 0 Å². The first-order valence-electron chi connectivity index (χ1n) is 6.21. The van der Waals surface area contributed by atoms with E-state index in [1.807, 2.05) is 0 Å². The highest BCUT2D eigenvalue weighted by atomic mass is 79.9. The Hall–Kier alpha value is 0.0200. The van der Waals surface area contributed by atoms with Crippen LogP contribution in [0.1, 0.15) is 25.7 Å². The van der Waals surface area contributed by atoms with Crippen LogP contribution in [0.3, 0.4) is 0 Å². The highest BCUT2D eigenvalue weighted by molar-refractivity contribution is 9.10. The lowest BCUT2D eigenvalue weighted by Gasteiger charge is -2.25. The van der Waals surface area contributed by atoms with Gasteiger partial charge in [0, 0.05) is 28.2 Å². The van der Waals surface area contributed by atoms with E-state index in [2.05, 4.69) is 41.6 Å². The maximum atomic E-state index is 12.1. The van der Waals surface area contributed by atoms with E-state index in [1.54, 1.807) is 12.3 Å². The van der Waals surface area contributed by atoms with Crippen molar-refractivity contribution in [2.45, 2.75) is 35.4 Å². The Kier molecular flexibility index (Phi) is 5.39. The van der Waals surface area contributed by atoms with Crippen molar-refractivity contribution in [3.05, 3.63) is 22.9 Å². The summed E-state index contributed by atoms with van der Waals surface area (Å²) in [6.07, 6.45) is 7.37. The molecule has 1 N–H and O–H groups in total. The number of alkyl halides is 1. The summed E-state index contributed by atoms with van der Waals surface area (Å²) in [4.78, 5) is 4.60. The fourth-order valence-corrected chi connectivity index (χ4v) is 4.73. The molecule has 2 rings (SSSR count). The molecule has 1 heterocycles. The normalized spacial score (nSPS) is 24.3. The summed E-state index contributed by atoms with van der Waals surface area (Å²) < 4.78 is 27.6. The Balaban J connectivity index is 1.98. The largest absolute Gasteiger partial charge is 0.262 e. The smallest absolute Gasteiger partial charge is 0.242 e. The molecule has 4 nitrogen and oxygen atoms in total. The van der Waals surface area contributed by atoms with Gasteiger partial charge in [-0.3, -0.25) is 4.98 Å². The summed E-state index contributed by atoms with van der Waals surface area (Å²) in [5.74, 6) is 0.410. The van der Waals surface area contributed by atoms with Crippen molar-refractivity contribution < 1.29 is 8.42 Å². The average molecular weight is 412 g/mol. The molecular formula is C12H16Br2N2O2S. The van der Waals surface area contributed by atoms with Crippen LogP contribution in [0.15, 0.2) is 27.8 Å². The van der Waals surface area contributed by atoms with Crippen LogP contribution >= 0.6 is 31.9 Å². The van der Waals surface area contributed by atoms with Gasteiger partial charge >= 0.3 is 0 Å². The molecule has 0 bridgehead atoms. The lowest BCUT2D eigenvalue weighted by molar-refractivity contribution is 0.368. The Morgan fingerprint density at radius 2 is 2.16 bits per heavy atom. The molecule has 1 aliphatic rings. The second-order valence-electron chi connectivity index (χ2n) is 4.82. The van der Waals surface area contributed by atoms with Crippen molar-refractivity contribution in [1.82, 2.24) is 9.71 Å². The third-order valence-corrected chi connectivity index (χ3v) is 5.93. The quantitative estimate of drug-likeness (QED) is 0.774. The third kappa shape index (κ3) is 4.51. The number of halogens is 2. The van der Waals surface area contributed by atoms with Crippen LogP contribution in [0.25, 0.3) is 0 Å². The maximum Gasteiger partial charge on any atom is 0.242 e. The van der Waals surface area contributed by atoms with Gasteiger partial charge in [0.15, 0.2) is 0 Å². The highest BCUT2D eigenvalue weighted by Crippen LogP contribution is 2.28. The number of nitrogens with zero attached hydrogens (tertiary/aromatic N) is 1. The number of hydrogen-bond acceptors (Lipinski definition) is 3. The van der Waals surface area contributed by atoms with Gasteiger partial charge in [-0.2, -0.15) is 0 Å². The van der Waals surface area contributed by atoms with Gasteiger partial charge < -0.3 is 0 Å². The van der Waals surface area contributed by atoms with Crippen molar-refractivity contribution in [2.75, 3.05) is 6.54 Å². The van der Waals surface area contributed by atoms with Crippen LogP contribution in [0.4, 0.5) is 0 Å². The Bertz CT molecular complexity index is 536. The van der Waals surface area contributed by atoms with E-state index >= 15 is 0 Å². The number of rotatable bonds is 4. The van der Waals surface area contributed by atoms with Crippen molar-refractivity contribution >= 4 is 41.9 Å². The molecule has 1 aromatic heterocycles. The number of sulfonamides is 1. The summed E-state index contributed by atoms with van der Waals surface area (Å²) in [6, 6.07) is 1.56. The van der Waals surface area contributed by atoms with Crippen LogP contribution in [0.5, 0.6) is 0 Å².